The van der Waals surface area contributed by atoms with Gasteiger partial charge >= 0.3 is 6.09 Å². The quantitative estimate of drug-likeness (QED) is 0.905. The SMILES string of the molecule is CCn1cc(NC2=NCCN(C(=O)OC(C)(C)C)C2)cn1. The molecule has 0 spiro atoms. The lowest BCUT2D eigenvalue weighted by Gasteiger charge is -2.29. The van der Waals surface area contributed by atoms with E-state index in [-0.39, 0.29) is 6.09 Å². The number of ether oxygens (including phenoxy) is 1. The fraction of sp³-hybridized carbons (Fsp3) is 0.643. The van der Waals surface area contributed by atoms with Crippen LogP contribution in [-0.2, 0) is 11.3 Å². The van der Waals surface area contributed by atoms with Gasteiger partial charge in [0.2, 0.25) is 0 Å². The molecule has 1 N–H and O–H groups in total. The van der Waals surface area contributed by atoms with Gasteiger partial charge in [0.05, 0.1) is 25.0 Å². The van der Waals surface area contributed by atoms with Crippen LogP contribution >= 0.6 is 0 Å². The molecule has 1 aliphatic heterocycles. The van der Waals surface area contributed by atoms with Crippen molar-refractivity contribution in [2.75, 3.05) is 25.0 Å². The average Bonchev–Trinajstić information content (AvgIpc) is 2.85. The molecule has 7 heteroatoms. The zero-order valence-corrected chi connectivity index (χ0v) is 13.1. The molecule has 1 amide bonds. The van der Waals surface area contributed by atoms with E-state index in [0.717, 1.165) is 18.1 Å². The van der Waals surface area contributed by atoms with Crippen LogP contribution in [0.4, 0.5) is 10.5 Å². The zero-order valence-electron chi connectivity index (χ0n) is 13.1. The monoisotopic (exact) mass is 293 g/mol. The topological polar surface area (TPSA) is 71.8 Å². The van der Waals surface area contributed by atoms with Crippen LogP contribution in [0.5, 0.6) is 0 Å². The smallest absolute Gasteiger partial charge is 0.410 e. The molecule has 2 rings (SSSR count). The number of aromatic nitrogens is 2. The van der Waals surface area contributed by atoms with Crippen molar-refractivity contribution in [3.05, 3.63) is 12.4 Å². The normalized spacial score (nSPS) is 15.6. The minimum absolute atomic E-state index is 0.305. The first-order valence-corrected chi connectivity index (χ1v) is 7.18. The summed E-state index contributed by atoms with van der Waals surface area (Å²) in [5, 5.41) is 7.40. The molecular formula is C14H23N5O2. The number of rotatable bonds is 2. The largest absolute Gasteiger partial charge is 0.444 e. The molecule has 0 saturated carbocycles. The Bertz CT molecular complexity index is 530. The van der Waals surface area contributed by atoms with E-state index in [1.807, 2.05) is 38.6 Å². The van der Waals surface area contributed by atoms with Crippen LogP contribution in [0.1, 0.15) is 27.7 Å². The molecule has 0 fully saturated rings. The molecule has 0 radical (unpaired) electrons. The Balaban J connectivity index is 1.94. The van der Waals surface area contributed by atoms with E-state index in [9.17, 15) is 4.79 Å². The lowest BCUT2D eigenvalue weighted by atomic mass is 10.2. The molecule has 116 valence electrons. The van der Waals surface area contributed by atoms with Crippen LogP contribution in [0.2, 0.25) is 0 Å². The molecule has 1 aromatic rings. The highest BCUT2D eigenvalue weighted by Crippen LogP contribution is 2.12. The number of amides is 1. The predicted octanol–water partition coefficient (Wildman–Crippen LogP) is 1.96. The number of aryl methyl sites for hydroxylation is 1. The van der Waals surface area contributed by atoms with Crippen LogP contribution in [0.15, 0.2) is 17.4 Å². The van der Waals surface area contributed by atoms with E-state index in [4.69, 9.17) is 4.74 Å². The zero-order chi connectivity index (χ0) is 15.5. The summed E-state index contributed by atoms with van der Waals surface area (Å²) in [7, 11) is 0. The standard InChI is InChI=1S/C14H23N5O2/c1-5-19-9-11(8-16-19)17-12-10-18(7-6-15-12)13(20)21-14(2,3)4/h8-9H,5-7,10H2,1-4H3,(H,15,17). The summed E-state index contributed by atoms with van der Waals surface area (Å²) < 4.78 is 7.22. The van der Waals surface area contributed by atoms with Crippen molar-refractivity contribution in [1.29, 1.82) is 0 Å². The third kappa shape index (κ3) is 4.47. The fourth-order valence-electron chi connectivity index (χ4n) is 1.94. The van der Waals surface area contributed by atoms with Gasteiger partial charge in [0.15, 0.2) is 0 Å². The molecule has 21 heavy (non-hydrogen) atoms. The molecule has 1 aliphatic rings. The third-order valence-electron chi connectivity index (χ3n) is 2.91. The van der Waals surface area contributed by atoms with Gasteiger partial charge in [-0.15, -0.1) is 0 Å². The maximum absolute atomic E-state index is 12.1. The fourth-order valence-corrected chi connectivity index (χ4v) is 1.94. The second kappa shape index (κ2) is 6.15. The predicted molar refractivity (Wildman–Crippen MR) is 81.6 cm³/mol. The Kier molecular flexibility index (Phi) is 4.50. The summed E-state index contributed by atoms with van der Waals surface area (Å²) in [6.07, 6.45) is 3.36. The minimum atomic E-state index is -0.485. The van der Waals surface area contributed by atoms with Gasteiger partial charge < -0.3 is 10.1 Å². The van der Waals surface area contributed by atoms with Crippen LogP contribution in [0, 0.1) is 0 Å². The molecule has 1 aromatic heterocycles. The number of anilines is 1. The Labute approximate surface area is 125 Å². The highest BCUT2D eigenvalue weighted by molar-refractivity contribution is 5.98. The summed E-state index contributed by atoms with van der Waals surface area (Å²) >= 11 is 0. The number of hydrogen-bond acceptors (Lipinski definition) is 5. The lowest BCUT2D eigenvalue weighted by Crippen LogP contribution is -2.45. The maximum Gasteiger partial charge on any atom is 0.410 e. The molecule has 7 nitrogen and oxygen atoms in total. The van der Waals surface area contributed by atoms with Crippen LogP contribution in [-0.4, -0.2) is 51.8 Å². The molecule has 0 unspecified atom stereocenters. The van der Waals surface area contributed by atoms with E-state index in [1.54, 1.807) is 11.1 Å². The summed E-state index contributed by atoms with van der Waals surface area (Å²) in [6, 6.07) is 0. The van der Waals surface area contributed by atoms with Gasteiger partial charge in [0, 0.05) is 19.3 Å². The van der Waals surface area contributed by atoms with Crippen molar-refractivity contribution in [2.45, 2.75) is 39.8 Å². The maximum atomic E-state index is 12.1. The molecule has 2 heterocycles. The highest BCUT2D eigenvalue weighted by Gasteiger charge is 2.25. The molecule has 0 atom stereocenters. The van der Waals surface area contributed by atoms with Crippen LogP contribution < -0.4 is 5.32 Å². The summed E-state index contributed by atoms with van der Waals surface area (Å²) in [6.45, 7) is 10.0. The number of carbonyl (C=O) groups is 1. The van der Waals surface area contributed by atoms with Gasteiger partial charge in [-0.1, -0.05) is 0 Å². The average molecular weight is 293 g/mol. The Morgan fingerprint density at radius 2 is 2.24 bits per heavy atom. The van der Waals surface area contributed by atoms with E-state index >= 15 is 0 Å². The minimum Gasteiger partial charge on any atom is -0.444 e. The summed E-state index contributed by atoms with van der Waals surface area (Å²) in [5.41, 5.74) is 0.392. The van der Waals surface area contributed by atoms with Gasteiger partial charge in [-0.05, 0) is 27.7 Å². The van der Waals surface area contributed by atoms with Crippen LogP contribution in [0.3, 0.4) is 0 Å². The Morgan fingerprint density at radius 1 is 1.48 bits per heavy atom. The van der Waals surface area contributed by atoms with Gasteiger partial charge in [-0.25, -0.2) is 4.79 Å². The van der Waals surface area contributed by atoms with E-state index in [2.05, 4.69) is 15.4 Å². The number of amidine groups is 1. The summed E-state index contributed by atoms with van der Waals surface area (Å²) in [4.78, 5) is 18.1. The van der Waals surface area contributed by atoms with Gasteiger partial charge in [0.1, 0.15) is 11.4 Å². The Morgan fingerprint density at radius 3 is 2.86 bits per heavy atom. The number of nitrogens with one attached hydrogen (secondary N) is 1. The molecule has 0 aliphatic carbocycles. The van der Waals surface area contributed by atoms with Crippen molar-refractivity contribution in [1.82, 2.24) is 14.7 Å². The van der Waals surface area contributed by atoms with Gasteiger partial charge in [0.25, 0.3) is 0 Å². The number of nitrogens with zero attached hydrogens (tertiary/aromatic N) is 4. The van der Waals surface area contributed by atoms with Gasteiger partial charge in [-0.3, -0.25) is 14.6 Å². The van der Waals surface area contributed by atoms with Crippen molar-refractivity contribution >= 4 is 17.6 Å². The van der Waals surface area contributed by atoms with Crippen molar-refractivity contribution < 1.29 is 9.53 Å². The molecule has 0 saturated heterocycles. The van der Waals surface area contributed by atoms with Crippen molar-refractivity contribution in [3.8, 4) is 0 Å². The summed E-state index contributed by atoms with van der Waals surface area (Å²) in [5.74, 6) is 0.753. The Hall–Kier alpha value is -2.05. The van der Waals surface area contributed by atoms with Crippen molar-refractivity contribution in [2.24, 2.45) is 4.99 Å². The van der Waals surface area contributed by atoms with Crippen LogP contribution in [0.25, 0.3) is 0 Å². The van der Waals surface area contributed by atoms with Gasteiger partial charge in [-0.2, -0.15) is 5.10 Å². The van der Waals surface area contributed by atoms with Crippen molar-refractivity contribution in [3.63, 3.8) is 0 Å². The molecular weight excluding hydrogens is 270 g/mol. The third-order valence-corrected chi connectivity index (χ3v) is 2.91. The van der Waals surface area contributed by atoms with E-state index in [0.29, 0.717) is 19.6 Å². The van der Waals surface area contributed by atoms with E-state index in [1.165, 1.54) is 0 Å². The number of carbonyl (C=O) groups excluding carboxylic acids is 1. The van der Waals surface area contributed by atoms with E-state index < -0.39 is 5.60 Å². The second-order valence-electron chi connectivity index (χ2n) is 5.94. The first-order valence-electron chi connectivity index (χ1n) is 7.18. The molecule has 0 bridgehead atoms. The second-order valence-corrected chi connectivity index (χ2v) is 5.94. The lowest BCUT2D eigenvalue weighted by molar-refractivity contribution is 0.0278. The first-order chi connectivity index (χ1) is 9.87. The number of aliphatic imine (C=N–C) groups is 1. The molecule has 0 aromatic carbocycles. The highest BCUT2D eigenvalue weighted by atomic mass is 16.6. The number of hydrogen-bond donors (Lipinski definition) is 1. The first kappa shape index (κ1) is 15.3.